The van der Waals surface area contributed by atoms with Gasteiger partial charge in [-0.2, -0.15) is 0 Å². The number of carbonyl (C=O) groups is 4. The summed E-state index contributed by atoms with van der Waals surface area (Å²) < 4.78 is 21.8. The van der Waals surface area contributed by atoms with Gasteiger partial charge in [-0.3, -0.25) is 24.1 Å². The van der Waals surface area contributed by atoms with Gasteiger partial charge in [0.25, 0.3) is 0 Å². The van der Waals surface area contributed by atoms with Crippen molar-refractivity contribution in [2.75, 3.05) is 99.4 Å². The van der Waals surface area contributed by atoms with Crippen LogP contribution in [0.3, 0.4) is 0 Å². The second-order valence-corrected chi connectivity index (χ2v) is 19.8. The number of rotatable bonds is 52. The summed E-state index contributed by atoms with van der Waals surface area (Å²) in [6.07, 6.45) is 34.2. The zero-order chi connectivity index (χ0) is 50.1. The molecule has 0 saturated heterocycles. The minimum atomic E-state index is -0.253. The SMILES string of the molecule is CCCCCCCCCCCOC(=O)CCN(CCC(=O)OCCCCCCCCCCC)CCN(C)CCN(CCN(CCC(=O)OC)CCC(=O)OCCCCCCCCCCC)C(C)C. The number of carbonyl (C=O) groups excluding carboxylic acids is 4. The quantitative estimate of drug-likeness (QED) is 0.0328. The Bertz CT molecular complexity index is 1120. The minimum absolute atomic E-state index is 0.171. The summed E-state index contributed by atoms with van der Waals surface area (Å²) in [7, 11) is 3.53. The molecule has 0 amide bonds. The summed E-state index contributed by atoms with van der Waals surface area (Å²) >= 11 is 0. The monoisotopic (exact) mass is 967 g/mol. The lowest BCUT2D eigenvalue weighted by Crippen LogP contribution is -2.44. The van der Waals surface area contributed by atoms with Crippen LogP contribution in [0.15, 0.2) is 0 Å². The number of methoxy groups -OCH3 is 1. The largest absolute Gasteiger partial charge is 0.469 e. The Morgan fingerprint density at radius 2 is 0.618 bits per heavy atom. The second kappa shape index (κ2) is 49.7. The Balaban J connectivity index is 5.01. The average molecular weight is 968 g/mol. The molecule has 68 heavy (non-hydrogen) atoms. The maximum atomic E-state index is 12.8. The van der Waals surface area contributed by atoms with Crippen molar-refractivity contribution < 1.29 is 38.1 Å². The summed E-state index contributed by atoms with van der Waals surface area (Å²) in [5, 5.41) is 0. The number of ether oxygens (including phenoxy) is 4. The van der Waals surface area contributed by atoms with Gasteiger partial charge < -0.3 is 33.6 Å². The minimum Gasteiger partial charge on any atom is -0.469 e. The molecular formula is C56H110N4O8. The van der Waals surface area contributed by atoms with Gasteiger partial charge in [-0.05, 0) is 40.2 Å². The zero-order valence-corrected chi connectivity index (χ0v) is 45.7. The van der Waals surface area contributed by atoms with E-state index in [1.54, 1.807) is 0 Å². The summed E-state index contributed by atoms with van der Waals surface area (Å²) in [6.45, 7) is 19.5. The van der Waals surface area contributed by atoms with Crippen LogP contribution in [0.25, 0.3) is 0 Å². The smallest absolute Gasteiger partial charge is 0.307 e. The van der Waals surface area contributed by atoms with Gasteiger partial charge in [0.1, 0.15) is 0 Å². The van der Waals surface area contributed by atoms with Crippen LogP contribution in [0.5, 0.6) is 0 Å². The molecule has 0 fully saturated rings. The standard InChI is InChI=1S/C56H110N4O8/c1-8-11-14-17-20-23-26-29-32-49-66-54(62)36-40-58(41-37-55(63)67-50-33-30-27-24-21-18-15-12-9-2)45-43-57(6)44-47-60(52(4)5)48-46-59(39-35-53(61)65-7)42-38-56(64)68-51-34-31-28-25-22-19-16-13-10-3/h52H,8-51H2,1-7H3. The third-order valence-electron chi connectivity index (χ3n) is 13.3. The van der Waals surface area contributed by atoms with Crippen LogP contribution in [0.1, 0.15) is 234 Å². The van der Waals surface area contributed by atoms with Gasteiger partial charge in [0.15, 0.2) is 0 Å². The Hall–Kier alpha value is -2.28. The first-order valence-electron chi connectivity index (χ1n) is 28.5. The van der Waals surface area contributed by atoms with E-state index in [9.17, 15) is 19.2 Å². The highest BCUT2D eigenvalue weighted by atomic mass is 16.5. The Morgan fingerprint density at radius 3 is 0.926 bits per heavy atom. The molecule has 0 aromatic heterocycles. The van der Waals surface area contributed by atoms with Gasteiger partial charge >= 0.3 is 23.9 Å². The fraction of sp³-hybridized carbons (Fsp3) is 0.929. The molecule has 0 aliphatic heterocycles. The molecule has 0 aliphatic carbocycles. The number of nitrogens with zero attached hydrogens (tertiary/aromatic N) is 4. The van der Waals surface area contributed by atoms with E-state index in [0.29, 0.717) is 71.3 Å². The van der Waals surface area contributed by atoms with E-state index < -0.39 is 0 Å². The fourth-order valence-electron chi connectivity index (χ4n) is 8.40. The van der Waals surface area contributed by atoms with Crippen molar-refractivity contribution in [3.05, 3.63) is 0 Å². The molecule has 0 rings (SSSR count). The highest BCUT2D eigenvalue weighted by Crippen LogP contribution is 2.13. The van der Waals surface area contributed by atoms with Crippen molar-refractivity contribution in [1.82, 2.24) is 19.6 Å². The van der Waals surface area contributed by atoms with Gasteiger partial charge in [0.05, 0.1) is 52.6 Å². The van der Waals surface area contributed by atoms with Crippen molar-refractivity contribution >= 4 is 23.9 Å². The normalized spacial score (nSPS) is 11.7. The van der Waals surface area contributed by atoms with E-state index in [-0.39, 0.29) is 30.3 Å². The molecule has 0 atom stereocenters. The van der Waals surface area contributed by atoms with E-state index >= 15 is 0 Å². The lowest BCUT2D eigenvalue weighted by Gasteiger charge is -2.32. The maximum absolute atomic E-state index is 12.8. The number of likely N-dealkylation sites (N-methyl/N-ethyl adjacent to an activating group) is 1. The average Bonchev–Trinajstić information content (AvgIpc) is 3.33. The first-order valence-corrected chi connectivity index (χ1v) is 28.5. The first kappa shape index (κ1) is 65.7. The lowest BCUT2D eigenvalue weighted by molar-refractivity contribution is -0.145. The van der Waals surface area contributed by atoms with Gasteiger partial charge in [-0.1, -0.05) is 175 Å². The van der Waals surface area contributed by atoms with E-state index in [4.69, 9.17) is 18.9 Å². The molecular weight excluding hydrogens is 857 g/mol. The summed E-state index contributed by atoms with van der Waals surface area (Å²) in [6, 6.07) is 0.312. The molecule has 0 aromatic carbocycles. The summed E-state index contributed by atoms with van der Waals surface area (Å²) in [5.74, 6) is -0.776. The molecule has 402 valence electrons. The van der Waals surface area contributed by atoms with Crippen molar-refractivity contribution in [3.8, 4) is 0 Å². The van der Waals surface area contributed by atoms with Crippen molar-refractivity contribution in [2.45, 2.75) is 240 Å². The Labute approximate surface area is 419 Å². The zero-order valence-electron chi connectivity index (χ0n) is 45.7. The van der Waals surface area contributed by atoms with E-state index in [0.717, 1.165) is 77.8 Å². The third-order valence-corrected chi connectivity index (χ3v) is 13.3. The Kier molecular flexibility index (Phi) is 48.0. The summed E-state index contributed by atoms with van der Waals surface area (Å²) in [4.78, 5) is 59.5. The molecule has 12 heteroatoms. The number of unbranched alkanes of at least 4 members (excludes halogenated alkanes) is 24. The van der Waals surface area contributed by atoms with Gasteiger partial charge in [0, 0.05) is 71.5 Å². The first-order chi connectivity index (χ1) is 33.1. The van der Waals surface area contributed by atoms with E-state index in [2.05, 4.69) is 61.3 Å². The highest BCUT2D eigenvalue weighted by Gasteiger charge is 2.18. The van der Waals surface area contributed by atoms with Crippen LogP contribution in [0.2, 0.25) is 0 Å². The topological polar surface area (TPSA) is 118 Å². The molecule has 0 aliphatic rings. The van der Waals surface area contributed by atoms with E-state index in [1.165, 1.54) is 142 Å². The van der Waals surface area contributed by atoms with Crippen molar-refractivity contribution in [3.63, 3.8) is 0 Å². The number of esters is 4. The molecule has 0 N–H and O–H groups in total. The fourth-order valence-corrected chi connectivity index (χ4v) is 8.40. The van der Waals surface area contributed by atoms with Crippen LogP contribution in [-0.4, -0.2) is 149 Å². The molecule has 0 radical (unpaired) electrons. The lowest BCUT2D eigenvalue weighted by atomic mass is 10.1. The van der Waals surface area contributed by atoms with E-state index in [1.807, 2.05) is 0 Å². The molecule has 0 spiro atoms. The molecule has 0 heterocycles. The molecule has 0 aromatic rings. The second-order valence-electron chi connectivity index (χ2n) is 19.8. The van der Waals surface area contributed by atoms with Crippen LogP contribution < -0.4 is 0 Å². The summed E-state index contributed by atoms with van der Waals surface area (Å²) in [5.41, 5.74) is 0. The van der Waals surface area contributed by atoms with Crippen LogP contribution >= 0.6 is 0 Å². The van der Waals surface area contributed by atoms with Crippen LogP contribution in [0, 0.1) is 0 Å². The Morgan fingerprint density at radius 1 is 0.353 bits per heavy atom. The van der Waals surface area contributed by atoms with Crippen LogP contribution in [-0.2, 0) is 38.1 Å². The molecule has 0 bridgehead atoms. The number of hydrogen-bond acceptors (Lipinski definition) is 12. The van der Waals surface area contributed by atoms with Gasteiger partial charge in [-0.15, -0.1) is 0 Å². The maximum Gasteiger partial charge on any atom is 0.307 e. The van der Waals surface area contributed by atoms with Gasteiger partial charge in [0.2, 0.25) is 0 Å². The highest BCUT2D eigenvalue weighted by molar-refractivity contribution is 5.70. The predicted octanol–water partition coefficient (Wildman–Crippen LogP) is 12.2. The van der Waals surface area contributed by atoms with Crippen LogP contribution in [0.4, 0.5) is 0 Å². The van der Waals surface area contributed by atoms with Crippen molar-refractivity contribution in [2.24, 2.45) is 0 Å². The van der Waals surface area contributed by atoms with Crippen molar-refractivity contribution in [1.29, 1.82) is 0 Å². The number of hydrogen-bond donors (Lipinski definition) is 0. The predicted molar refractivity (Wildman–Crippen MR) is 282 cm³/mol. The van der Waals surface area contributed by atoms with Gasteiger partial charge in [-0.25, -0.2) is 0 Å². The molecule has 0 unspecified atom stereocenters. The molecule has 12 nitrogen and oxygen atoms in total. The molecule has 0 saturated carbocycles. The third kappa shape index (κ3) is 44.9.